The number of hydrogen-bond acceptors (Lipinski definition) is 4. The van der Waals surface area contributed by atoms with Gasteiger partial charge in [-0.2, -0.15) is 0 Å². The number of rotatable bonds is 7. The van der Waals surface area contributed by atoms with E-state index in [1.54, 1.807) is 14.2 Å². The molecule has 2 aliphatic rings. The molecule has 0 spiro atoms. The molecule has 0 radical (unpaired) electrons. The average Bonchev–Trinajstić information content (AvgIpc) is 3.30. The lowest BCUT2D eigenvalue weighted by molar-refractivity contribution is 0.138. The summed E-state index contributed by atoms with van der Waals surface area (Å²) >= 11 is 3.54. The van der Waals surface area contributed by atoms with E-state index < -0.39 is 0 Å². The molecule has 144 valence electrons. The third-order valence-electron chi connectivity index (χ3n) is 5.30. The Balaban J connectivity index is 1.54. The van der Waals surface area contributed by atoms with E-state index in [0.29, 0.717) is 12.0 Å². The highest BCUT2D eigenvalue weighted by atomic mass is 79.9. The number of guanidine groups is 1. The van der Waals surface area contributed by atoms with Gasteiger partial charge in [0.05, 0.1) is 4.47 Å². The number of nitrogens with zero attached hydrogens (tertiary/aromatic N) is 1. The molecule has 6 nitrogen and oxygen atoms in total. The Morgan fingerprint density at radius 2 is 2.08 bits per heavy atom. The van der Waals surface area contributed by atoms with E-state index >= 15 is 0 Å². The largest absolute Gasteiger partial charge is 0.454 e. The first kappa shape index (κ1) is 19.3. The fraction of sp³-hybridized carbons (Fsp3) is 0.632. The number of aliphatic imine (C=N–C) groups is 1. The zero-order chi connectivity index (χ0) is 18.4. The molecule has 1 heterocycles. The van der Waals surface area contributed by atoms with Crippen LogP contribution in [-0.2, 0) is 11.3 Å². The van der Waals surface area contributed by atoms with E-state index in [0.717, 1.165) is 47.1 Å². The second kappa shape index (κ2) is 8.95. The lowest BCUT2D eigenvalue weighted by atomic mass is 9.83. The van der Waals surface area contributed by atoms with Gasteiger partial charge in [-0.05, 0) is 58.3 Å². The minimum atomic E-state index is 0.275. The average molecular weight is 426 g/mol. The Labute approximate surface area is 163 Å². The molecule has 2 N–H and O–H groups in total. The Hall–Kier alpha value is -1.47. The predicted octanol–water partition coefficient (Wildman–Crippen LogP) is 3.44. The Bertz CT molecular complexity index is 645. The number of halogens is 1. The molecule has 1 aliphatic carbocycles. The highest BCUT2D eigenvalue weighted by Crippen LogP contribution is 2.41. The van der Waals surface area contributed by atoms with Crippen LogP contribution < -0.4 is 20.1 Å². The van der Waals surface area contributed by atoms with E-state index in [-0.39, 0.29) is 6.79 Å². The van der Waals surface area contributed by atoms with Crippen LogP contribution in [0.2, 0.25) is 0 Å². The second-order valence-electron chi connectivity index (χ2n) is 7.04. The van der Waals surface area contributed by atoms with Crippen LogP contribution in [0.4, 0.5) is 0 Å². The monoisotopic (exact) mass is 425 g/mol. The van der Waals surface area contributed by atoms with Crippen LogP contribution >= 0.6 is 15.9 Å². The van der Waals surface area contributed by atoms with Gasteiger partial charge in [0, 0.05) is 33.9 Å². The van der Waals surface area contributed by atoms with Gasteiger partial charge in [-0.15, -0.1) is 0 Å². The van der Waals surface area contributed by atoms with Gasteiger partial charge in [0.1, 0.15) is 0 Å². The number of hydrogen-bond donors (Lipinski definition) is 2. The summed E-state index contributed by atoms with van der Waals surface area (Å²) < 4.78 is 17.1. The van der Waals surface area contributed by atoms with E-state index in [1.165, 1.54) is 25.7 Å². The number of benzene rings is 1. The molecule has 3 rings (SSSR count). The van der Waals surface area contributed by atoms with Gasteiger partial charge in [0.2, 0.25) is 6.79 Å². The molecule has 0 aromatic heterocycles. The van der Waals surface area contributed by atoms with Gasteiger partial charge in [0.25, 0.3) is 0 Å². The number of methoxy groups -OCH3 is 1. The molecular weight excluding hydrogens is 398 g/mol. The first-order chi connectivity index (χ1) is 12.7. The zero-order valence-electron chi connectivity index (χ0n) is 15.6. The van der Waals surface area contributed by atoms with E-state index in [1.807, 2.05) is 12.1 Å². The number of nitrogens with one attached hydrogen (secondary N) is 2. The van der Waals surface area contributed by atoms with Gasteiger partial charge in [-0.25, -0.2) is 0 Å². The van der Waals surface area contributed by atoms with Crippen molar-refractivity contribution in [3.63, 3.8) is 0 Å². The van der Waals surface area contributed by atoms with E-state index in [9.17, 15) is 0 Å². The normalized spacial score (nSPS) is 18.2. The topological polar surface area (TPSA) is 64.1 Å². The van der Waals surface area contributed by atoms with Gasteiger partial charge in [0.15, 0.2) is 17.5 Å². The molecule has 0 amide bonds. The fourth-order valence-electron chi connectivity index (χ4n) is 3.76. The molecule has 1 aromatic carbocycles. The minimum absolute atomic E-state index is 0.275. The zero-order valence-corrected chi connectivity index (χ0v) is 17.2. The molecular formula is C19H28BrN3O3. The van der Waals surface area contributed by atoms with Crippen LogP contribution in [0.1, 0.15) is 37.7 Å². The SMILES string of the molecule is CN=C(NCc1cc(Br)c2c(c1)OCO2)NCC1(CCOC)CCCC1. The van der Waals surface area contributed by atoms with Crippen molar-refractivity contribution < 1.29 is 14.2 Å². The van der Waals surface area contributed by atoms with Crippen molar-refractivity contribution in [3.8, 4) is 11.5 Å². The summed E-state index contributed by atoms with van der Waals surface area (Å²) in [6.45, 7) is 2.69. The van der Waals surface area contributed by atoms with Crippen molar-refractivity contribution in [1.82, 2.24) is 10.6 Å². The predicted molar refractivity (Wildman–Crippen MR) is 106 cm³/mol. The second-order valence-corrected chi connectivity index (χ2v) is 7.89. The quantitative estimate of drug-likeness (QED) is 0.517. The van der Waals surface area contributed by atoms with Crippen LogP contribution in [0.3, 0.4) is 0 Å². The summed E-state index contributed by atoms with van der Waals surface area (Å²) in [6.07, 6.45) is 6.23. The summed E-state index contributed by atoms with van der Waals surface area (Å²) in [6, 6.07) is 4.05. The molecule has 1 saturated carbocycles. The molecule has 0 saturated heterocycles. The van der Waals surface area contributed by atoms with Gasteiger partial charge in [-0.1, -0.05) is 12.8 Å². The van der Waals surface area contributed by atoms with E-state index in [4.69, 9.17) is 14.2 Å². The maximum Gasteiger partial charge on any atom is 0.231 e. The Morgan fingerprint density at radius 3 is 2.81 bits per heavy atom. The molecule has 0 bridgehead atoms. The molecule has 1 fully saturated rings. The Kier molecular flexibility index (Phi) is 6.64. The van der Waals surface area contributed by atoms with E-state index in [2.05, 4.69) is 31.6 Å². The lowest BCUT2D eigenvalue weighted by Crippen LogP contribution is -2.43. The maximum absolute atomic E-state index is 5.48. The summed E-state index contributed by atoms with van der Waals surface area (Å²) in [7, 11) is 3.58. The van der Waals surface area contributed by atoms with Crippen LogP contribution in [0.25, 0.3) is 0 Å². The highest BCUT2D eigenvalue weighted by molar-refractivity contribution is 9.10. The summed E-state index contributed by atoms with van der Waals surface area (Å²) in [5.41, 5.74) is 1.44. The van der Waals surface area contributed by atoms with Crippen molar-refractivity contribution in [3.05, 3.63) is 22.2 Å². The van der Waals surface area contributed by atoms with Crippen LogP contribution in [0.5, 0.6) is 11.5 Å². The van der Waals surface area contributed by atoms with Crippen molar-refractivity contribution in [2.75, 3.05) is 34.1 Å². The van der Waals surface area contributed by atoms with Crippen LogP contribution in [-0.4, -0.2) is 40.1 Å². The van der Waals surface area contributed by atoms with Gasteiger partial charge < -0.3 is 24.8 Å². The third-order valence-corrected chi connectivity index (χ3v) is 5.89. The van der Waals surface area contributed by atoms with Crippen molar-refractivity contribution in [2.24, 2.45) is 10.4 Å². The molecule has 26 heavy (non-hydrogen) atoms. The highest BCUT2D eigenvalue weighted by Gasteiger charge is 2.33. The first-order valence-corrected chi connectivity index (χ1v) is 9.96. The lowest BCUT2D eigenvalue weighted by Gasteiger charge is -2.30. The number of fused-ring (bicyclic) bond motifs is 1. The maximum atomic E-state index is 5.48. The van der Waals surface area contributed by atoms with Gasteiger partial charge >= 0.3 is 0 Å². The van der Waals surface area contributed by atoms with Crippen molar-refractivity contribution in [1.29, 1.82) is 0 Å². The van der Waals surface area contributed by atoms with Crippen molar-refractivity contribution in [2.45, 2.75) is 38.6 Å². The summed E-state index contributed by atoms with van der Waals surface area (Å²) in [5, 5.41) is 6.91. The first-order valence-electron chi connectivity index (χ1n) is 9.17. The fourth-order valence-corrected chi connectivity index (χ4v) is 4.36. The minimum Gasteiger partial charge on any atom is -0.454 e. The van der Waals surface area contributed by atoms with Crippen molar-refractivity contribution >= 4 is 21.9 Å². The van der Waals surface area contributed by atoms with Gasteiger partial charge in [-0.3, -0.25) is 4.99 Å². The van der Waals surface area contributed by atoms with Crippen LogP contribution in [0, 0.1) is 5.41 Å². The standard InChI is InChI=1S/C19H28BrN3O3/c1-21-18(23-12-19(7-8-24-2)5-3-4-6-19)22-11-14-9-15(20)17-16(10-14)25-13-26-17/h9-10H,3-8,11-13H2,1-2H3,(H2,21,22,23). The number of ether oxygens (including phenoxy) is 3. The Morgan fingerprint density at radius 1 is 1.27 bits per heavy atom. The molecule has 1 aromatic rings. The summed E-state index contributed by atoms with van der Waals surface area (Å²) in [4.78, 5) is 4.37. The van der Waals surface area contributed by atoms with Crippen LogP contribution in [0.15, 0.2) is 21.6 Å². The summed E-state index contributed by atoms with van der Waals surface area (Å²) in [5.74, 6) is 2.38. The third kappa shape index (κ3) is 4.62. The molecule has 1 aliphatic heterocycles. The molecule has 0 atom stereocenters. The molecule has 7 heteroatoms. The smallest absolute Gasteiger partial charge is 0.231 e. The molecule has 0 unspecified atom stereocenters.